The second kappa shape index (κ2) is 7.13. The van der Waals surface area contributed by atoms with Gasteiger partial charge in [0.05, 0.1) is 17.1 Å². The number of rotatable bonds is 3. The molecule has 3 aromatic carbocycles. The maximum Gasteiger partial charge on any atom is 0.283 e. The quantitative estimate of drug-likeness (QED) is 0.509. The van der Waals surface area contributed by atoms with Crippen LogP contribution in [-0.4, -0.2) is 21.6 Å². The second-order valence-corrected chi connectivity index (χ2v) is 6.58. The minimum Gasteiger partial charge on any atom is -0.266 e. The second-order valence-electron chi connectivity index (χ2n) is 6.58. The normalized spacial score (nSPS) is 14.3. The van der Waals surface area contributed by atoms with Crippen LogP contribution in [0, 0.1) is 0 Å². The third kappa shape index (κ3) is 3.08. The average molecular weight is 376 g/mol. The smallest absolute Gasteiger partial charge is 0.266 e. The molecule has 0 radical (unpaired) electrons. The maximum absolute atomic E-state index is 13.3. The topological polar surface area (TPSA) is 58.5 Å². The Kier molecular flexibility index (Phi) is 4.18. The number of nitrogens with zero attached hydrogens (tertiary/aromatic N) is 4. The van der Waals surface area contributed by atoms with Gasteiger partial charge in [-0.25, -0.2) is 15.0 Å². The Morgan fingerprint density at radius 2 is 1.45 bits per heavy atom. The van der Waals surface area contributed by atoms with Crippen molar-refractivity contribution in [2.45, 2.75) is 0 Å². The van der Waals surface area contributed by atoms with Crippen molar-refractivity contribution in [1.82, 2.24) is 9.97 Å². The summed E-state index contributed by atoms with van der Waals surface area (Å²) < 4.78 is 0. The number of carbonyl (C=O) groups excluding carboxylic acids is 1. The molecule has 4 aromatic rings. The molecule has 5 heteroatoms. The van der Waals surface area contributed by atoms with Crippen LogP contribution in [0.15, 0.2) is 102 Å². The summed E-state index contributed by atoms with van der Waals surface area (Å²) in [7, 11) is 0. The van der Waals surface area contributed by atoms with Crippen LogP contribution in [0.4, 0.5) is 17.2 Å². The van der Waals surface area contributed by atoms with Crippen molar-refractivity contribution in [2.75, 3.05) is 4.90 Å². The van der Waals surface area contributed by atoms with Crippen molar-refractivity contribution < 1.29 is 4.79 Å². The van der Waals surface area contributed by atoms with E-state index < -0.39 is 0 Å². The molecule has 0 bridgehead atoms. The van der Waals surface area contributed by atoms with Gasteiger partial charge in [-0.1, -0.05) is 66.7 Å². The van der Waals surface area contributed by atoms with Crippen molar-refractivity contribution >= 4 is 28.8 Å². The van der Waals surface area contributed by atoms with Crippen molar-refractivity contribution in [2.24, 2.45) is 4.99 Å². The molecule has 0 fully saturated rings. The van der Waals surface area contributed by atoms with E-state index in [-0.39, 0.29) is 5.91 Å². The van der Waals surface area contributed by atoms with Crippen LogP contribution in [0.3, 0.4) is 0 Å². The molecule has 5 nitrogen and oxygen atoms in total. The summed E-state index contributed by atoms with van der Waals surface area (Å²) in [5.74, 6) is 0.322. The number of hydrogen-bond acceptors (Lipinski definition) is 4. The van der Waals surface area contributed by atoms with Crippen molar-refractivity contribution in [3.63, 3.8) is 0 Å². The predicted molar refractivity (Wildman–Crippen MR) is 114 cm³/mol. The third-order valence-electron chi connectivity index (χ3n) is 4.75. The van der Waals surface area contributed by atoms with Gasteiger partial charge in [0.2, 0.25) is 0 Å². The van der Waals surface area contributed by atoms with Gasteiger partial charge in [-0.3, -0.25) is 9.69 Å². The summed E-state index contributed by atoms with van der Waals surface area (Å²) in [5.41, 5.74) is 4.43. The van der Waals surface area contributed by atoms with Gasteiger partial charge in [-0.15, -0.1) is 0 Å². The van der Waals surface area contributed by atoms with E-state index in [0.717, 1.165) is 28.2 Å². The Morgan fingerprint density at radius 3 is 2.24 bits per heavy atom. The molecule has 1 aliphatic heterocycles. The number of fused-ring (bicyclic) bond motifs is 1. The first-order valence-corrected chi connectivity index (χ1v) is 9.26. The standard InChI is InChI=1S/C24H16N4O/c29-24-23(27-18-11-5-2-6-12-18)19-13-7-8-14-21(19)28(24)22-15-20(25-16-26-22)17-9-3-1-4-10-17/h1-16H. The van der Waals surface area contributed by atoms with E-state index in [4.69, 9.17) is 0 Å². The zero-order valence-corrected chi connectivity index (χ0v) is 15.4. The van der Waals surface area contributed by atoms with Crippen LogP contribution in [0.25, 0.3) is 11.3 Å². The lowest BCUT2D eigenvalue weighted by Crippen LogP contribution is -2.26. The number of hydrogen-bond donors (Lipinski definition) is 0. The van der Waals surface area contributed by atoms with Crippen LogP contribution < -0.4 is 4.90 Å². The van der Waals surface area contributed by atoms with E-state index >= 15 is 0 Å². The van der Waals surface area contributed by atoms with E-state index in [9.17, 15) is 4.79 Å². The molecule has 138 valence electrons. The fourth-order valence-electron chi connectivity index (χ4n) is 3.40. The summed E-state index contributed by atoms with van der Waals surface area (Å²) >= 11 is 0. The summed E-state index contributed by atoms with van der Waals surface area (Å²) in [6, 6.07) is 28.8. The SMILES string of the molecule is O=C1C(=Nc2ccccc2)c2ccccc2N1c1cc(-c2ccccc2)ncn1. The molecule has 0 unspecified atom stereocenters. The highest BCUT2D eigenvalue weighted by molar-refractivity contribution is 6.56. The monoisotopic (exact) mass is 376 g/mol. The Hall–Kier alpha value is -4.12. The number of aliphatic imine (C=N–C) groups is 1. The minimum absolute atomic E-state index is 0.201. The number of carbonyl (C=O) groups is 1. The first kappa shape index (κ1) is 17.0. The zero-order valence-electron chi connectivity index (χ0n) is 15.4. The molecular weight excluding hydrogens is 360 g/mol. The van der Waals surface area contributed by atoms with Crippen molar-refractivity contribution in [3.05, 3.63) is 103 Å². The lowest BCUT2D eigenvalue weighted by Gasteiger charge is -2.16. The van der Waals surface area contributed by atoms with Crippen molar-refractivity contribution in [3.8, 4) is 11.3 Å². The Labute approximate surface area is 168 Å². The molecule has 29 heavy (non-hydrogen) atoms. The van der Waals surface area contributed by atoms with Gasteiger partial charge < -0.3 is 0 Å². The predicted octanol–water partition coefficient (Wildman–Crippen LogP) is 4.94. The van der Waals surface area contributed by atoms with Gasteiger partial charge in [0.15, 0.2) is 0 Å². The lowest BCUT2D eigenvalue weighted by atomic mass is 10.1. The number of para-hydroxylation sites is 2. The Balaban J connectivity index is 1.62. The van der Waals surface area contributed by atoms with E-state index in [2.05, 4.69) is 15.0 Å². The first-order valence-electron chi connectivity index (χ1n) is 9.26. The Bertz CT molecular complexity index is 1220. The Morgan fingerprint density at radius 1 is 0.759 bits per heavy atom. The van der Waals surface area contributed by atoms with Gasteiger partial charge in [0, 0.05) is 17.2 Å². The number of aromatic nitrogens is 2. The molecular formula is C24H16N4O. The number of anilines is 2. The molecule has 1 amide bonds. The molecule has 0 spiro atoms. The molecule has 1 aromatic heterocycles. The van der Waals surface area contributed by atoms with Gasteiger partial charge >= 0.3 is 0 Å². The van der Waals surface area contributed by atoms with E-state index in [1.54, 1.807) is 4.90 Å². The highest BCUT2D eigenvalue weighted by Gasteiger charge is 2.35. The molecule has 0 saturated carbocycles. The van der Waals surface area contributed by atoms with E-state index in [1.165, 1.54) is 6.33 Å². The van der Waals surface area contributed by atoms with Gasteiger partial charge in [0.25, 0.3) is 5.91 Å². The van der Waals surface area contributed by atoms with Crippen LogP contribution in [0.1, 0.15) is 5.56 Å². The van der Waals surface area contributed by atoms with Gasteiger partial charge in [-0.05, 0) is 18.2 Å². The summed E-state index contributed by atoms with van der Waals surface area (Å²) in [6.07, 6.45) is 1.49. The van der Waals surface area contributed by atoms with Crippen LogP contribution in [-0.2, 0) is 4.79 Å². The first-order chi connectivity index (χ1) is 14.3. The average Bonchev–Trinajstić information content (AvgIpc) is 3.07. The molecule has 2 heterocycles. The number of amides is 1. The van der Waals surface area contributed by atoms with Gasteiger partial charge in [-0.2, -0.15) is 0 Å². The van der Waals surface area contributed by atoms with Crippen LogP contribution in [0.2, 0.25) is 0 Å². The molecule has 0 atom stereocenters. The highest BCUT2D eigenvalue weighted by atomic mass is 16.2. The van der Waals surface area contributed by atoms with Gasteiger partial charge in [0.1, 0.15) is 17.9 Å². The summed E-state index contributed by atoms with van der Waals surface area (Å²) in [6.45, 7) is 0. The summed E-state index contributed by atoms with van der Waals surface area (Å²) in [4.78, 5) is 28.3. The largest absolute Gasteiger partial charge is 0.283 e. The fourth-order valence-corrected chi connectivity index (χ4v) is 3.40. The maximum atomic E-state index is 13.3. The lowest BCUT2D eigenvalue weighted by molar-refractivity contribution is -0.111. The number of benzene rings is 3. The molecule has 5 rings (SSSR count). The van der Waals surface area contributed by atoms with Crippen LogP contribution in [0.5, 0.6) is 0 Å². The zero-order chi connectivity index (χ0) is 19.6. The fraction of sp³-hybridized carbons (Fsp3) is 0. The van der Waals surface area contributed by atoms with E-state index in [0.29, 0.717) is 11.5 Å². The molecule has 1 aliphatic rings. The molecule has 0 aliphatic carbocycles. The van der Waals surface area contributed by atoms with Crippen molar-refractivity contribution in [1.29, 1.82) is 0 Å². The van der Waals surface area contributed by atoms with Crippen LogP contribution >= 0.6 is 0 Å². The van der Waals surface area contributed by atoms with E-state index in [1.807, 2.05) is 91.0 Å². The summed E-state index contributed by atoms with van der Waals surface area (Å²) in [5, 5.41) is 0. The highest BCUT2D eigenvalue weighted by Crippen LogP contribution is 2.36. The molecule has 0 N–H and O–H groups in total. The third-order valence-corrected chi connectivity index (χ3v) is 4.75. The molecule has 0 saturated heterocycles. The minimum atomic E-state index is -0.201.